The van der Waals surface area contributed by atoms with Gasteiger partial charge in [0.2, 0.25) is 11.8 Å². The van der Waals surface area contributed by atoms with Crippen molar-refractivity contribution in [2.24, 2.45) is 0 Å². The summed E-state index contributed by atoms with van der Waals surface area (Å²) in [4.78, 5) is 30.4. The SMILES string of the molecule is O=C(C[C@H]1C(=O)NCCN1Cc1c(F)cccc1Cl)NCCCOc1cccnc1. The van der Waals surface area contributed by atoms with Crippen LogP contribution in [0.4, 0.5) is 4.39 Å². The number of nitrogens with one attached hydrogen (secondary N) is 2. The van der Waals surface area contributed by atoms with Crippen molar-refractivity contribution in [2.45, 2.75) is 25.4 Å². The van der Waals surface area contributed by atoms with Gasteiger partial charge in [0.1, 0.15) is 11.6 Å². The summed E-state index contributed by atoms with van der Waals surface area (Å²) in [6, 6.07) is 7.39. The molecule has 1 aromatic heterocycles. The normalized spacial score (nSPS) is 16.7. The Hall–Kier alpha value is -2.71. The lowest BCUT2D eigenvalue weighted by Gasteiger charge is -2.35. The maximum atomic E-state index is 14.1. The Morgan fingerprint density at radius 2 is 2.23 bits per heavy atom. The average Bonchev–Trinajstić information content (AvgIpc) is 2.73. The van der Waals surface area contributed by atoms with Crippen molar-refractivity contribution in [2.75, 3.05) is 26.2 Å². The van der Waals surface area contributed by atoms with Crippen molar-refractivity contribution < 1.29 is 18.7 Å². The number of pyridine rings is 1. The molecule has 0 unspecified atom stereocenters. The number of halogens is 2. The van der Waals surface area contributed by atoms with Gasteiger partial charge < -0.3 is 15.4 Å². The van der Waals surface area contributed by atoms with Gasteiger partial charge in [-0.05, 0) is 30.7 Å². The van der Waals surface area contributed by atoms with E-state index < -0.39 is 11.9 Å². The summed E-state index contributed by atoms with van der Waals surface area (Å²) in [5, 5.41) is 5.87. The van der Waals surface area contributed by atoms with Crippen LogP contribution in [0.15, 0.2) is 42.7 Å². The molecule has 0 bridgehead atoms. The minimum absolute atomic E-state index is 0.0125. The molecule has 2 amide bonds. The summed E-state index contributed by atoms with van der Waals surface area (Å²) in [5.74, 6) is -0.248. The minimum atomic E-state index is -0.680. The minimum Gasteiger partial charge on any atom is -0.492 e. The molecule has 9 heteroatoms. The number of piperazine rings is 1. The van der Waals surface area contributed by atoms with E-state index in [9.17, 15) is 14.0 Å². The zero-order chi connectivity index (χ0) is 21.3. The molecule has 30 heavy (non-hydrogen) atoms. The highest BCUT2D eigenvalue weighted by Gasteiger charge is 2.32. The van der Waals surface area contributed by atoms with E-state index in [-0.39, 0.29) is 24.8 Å². The number of rotatable bonds is 9. The molecule has 1 fully saturated rings. The van der Waals surface area contributed by atoms with Gasteiger partial charge in [-0.1, -0.05) is 17.7 Å². The molecule has 1 aliphatic rings. The molecule has 3 rings (SSSR count). The first-order chi connectivity index (χ1) is 14.5. The zero-order valence-corrected chi connectivity index (χ0v) is 17.2. The van der Waals surface area contributed by atoms with Crippen LogP contribution in [0.2, 0.25) is 5.02 Å². The van der Waals surface area contributed by atoms with Gasteiger partial charge in [0.25, 0.3) is 0 Å². The van der Waals surface area contributed by atoms with Gasteiger partial charge in [-0.2, -0.15) is 0 Å². The Morgan fingerprint density at radius 3 is 3.00 bits per heavy atom. The summed E-state index contributed by atoms with van der Waals surface area (Å²) in [7, 11) is 0. The second kappa shape index (κ2) is 10.9. The van der Waals surface area contributed by atoms with E-state index in [1.54, 1.807) is 29.4 Å². The average molecular weight is 435 g/mol. The molecular weight excluding hydrogens is 411 g/mol. The first-order valence-electron chi connectivity index (χ1n) is 9.79. The molecule has 0 spiro atoms. The van der Waals surface area contributed by atoms with Crippen molar-refractivity contribution in [3.05, 3.63) is 59.1 Å². The van der Waals surface area contributed by atoms with Crippen LogP contribution in [0.5, 0.6) is 5.75 Å². The number of benzene rings is 1. The zero-order valence-electron chi connectivity index (χ0n) is 16.4. The second-order valence-electron chi connectivity index (χ2n) is 6.92. The van der Waals surface area contributed by atoms with Crippen molar-refractivity contribution in [1.82, 2.24) is 20.5 Å². The number of ether oxygens (including phenoxy) is 1. The molecule has 1 atom stereocenters. The smallest absolute Gasteiger partial charge is 0.237 e. The van der Waals surface area contributed by atoms with Crippen LogP contribution in [-0.4, -0.2) is 54.0 Å². The van der Waals surface area contributed by atoms with Crippen LogP contribution in [0.3, 0.4) is 0 Å². The third-order valence-electron chi connectivity index (χ3n) is 4.79. The number of aromatic nitrogens is 1. The van der Waals surface area contributed by atoms with Gasteiger partial charge in [-0.3, -0.25) is 19.5 Å². The predicted molar refractivity (Wildman–Crippen MR) is 111 cm³/mol. The summed E-state index contributed by atoms with van der Waals surface area (Å²) in [6.07, 6.45) is 3.89. The molecule has 1 saturated heterocycles. The Kier molecular flexibility index (Phi) is 7.98. The van der Waals surface area contributed by atoms with Gasteiger partial charge in [-0.25, -0.2) is 4.39 Å². The summed E-state index contributed by atoms with van der Waals surface area (Å²) < 4.78 is 19.7. The molecule has 1 aliphatic heterocycles. The molecule has 0 aliphatic carbocycles. The van der Waals surface area contributed by atoms with Crippen molar-refractivity contribution in [3.8, 4) is 5.75 Å². The van der Waals surface area contributed by atoms with Gasteiger partial charge in [0, 0.05) is 43.0 Å². The lowest BCUT2D eigenvalue weighted by molar-refractivity contribution is -0.134. The highest BCUT2D eigenvalue weighted by Crippen LogP contribution is 2.23. The fourth-order valence-corrected chi connectivity index (χ4v) is 3.45. The highest BCUT2D eigenvalue weighted by molar-refractivity contribution is 6.31. The Morgan fingerprint density at radius 1 is 1.37 bits per heavy atom. The van der Waals surface area contributed by atoms with Crippen LogP contribution >= 0.6 is 11.6 Å². The molecule has 0 saturated carbocycles. The van der Waals surface area contributed by atoms with Gasteiger partial charge >= 0.3 is 0 Å². The van der Waals surface area contributed by atoms with Crippen molar-refractivity contribution in [1.29, 1.82) is 0 Å². The standard InChI is InChI=1S/C21H24ClFN4O3/c22-17-5-1-6-18(23)16(17)14-27-10-9-26-21(29)19(27)12-20(28)25-8-3-11-30-15-4-2-7-24-13-15/h1-2,4-7,13,19H,3,8-12,14H2,(H,25,28)(H,26,29)/t19-/m0/s1. The maximum Gasteiger partial charge on any atom is 0.237 e. The summed E-state index contributed by atoms with van der Waals surface area (Å²) in [6.45, 7) is 1.97. The summed E-state index contributed by atoms with van der Waals surface area (Å²) in [5.41, 5.74) is 0.326. The maximum absolute atomic E-state index is 14.1. The largest absolute Gasteiger partial charge is 0.492 e. The Labute approximate surface area is 179 Å². The van der Waals surface area contributed by atoms with E-state index in [4.69, 9.17) is 16.3 Å². The van der Waals surface area contributed by atoms with E-state index in [0.29, 0.717) is 49.0 Å². The fourth-order valence-electron chi connectivity index (χ4n) is 3.23. The first-order valence-corrected chi connectivity index (χ1v) is 10.2. The number of hydrogen-bond acceptors (Lipinski definition) is 5. The van der Waals surface area contributed by atoms with Crippen LogP contribution in [0.1, 0.15) is 18.4 Å². The molecule has 7 nitrogen and oxygen atoms in total. The molecule has 2 N–H and O–H groups in total. The van der Waals surface area contributed by atoms with E-state index in [0.717, 1.165) is 0 Å². The van der Waals surface area contributed by atoms with E-state index in [1.165, 1.54) is 12.1 Å². The summed E-state index contributed by atoms with van der Waals surface area (Å²) >= 11 is 6.12. The number of carbonyl (C=O) groups is 2. The van der Waals surface area contributed by atoms with E-state index in [2.05, 4.69) is 15.6 Å². The van der Waals surface area contributed by atoms with E-state index >= 15 is 0 Å². The first kappa shape index (κ1) is 22.0. The predicted octanol–water partition coefficient (Wildman–Crippen LogP) is 2.15. The van der Waals surface area contributed by atoms with Gasteiger partial charge in [0.05, 0.1) is 25.3 Å². The molecule has 160 valence electrons. The third kappa shape index (κ3) is 6.14. The molecule has 1 aromatic carbocycles. The van der Waals surface area contributed by atoms with Crippen molar-refractivity contribution >= 4 is 23.4 Å². The monoisotopic (exact) mass is 434 g/mol. The molecule has 0 radical (unpaired) electrons. The second-order valence-corrected chi connectivity index (χ2v) is 7.33. The quantitative estimate of drug-likeness (QED) is 0.591. The van der Waals surface area contributed by atoms with Gasteiger partial charge in [0.15, 0.2) is 0 Å². The van der Waals surface area contributed by atoms with Crippen molar-refractivity contribution in [3.63, 3.8) is 0 Å². The van der Waals surface area contributed by atoms with Crippen LogP contribution < -0.4 is 15.4 Å². The molecular formula is C21H24ClFN4O3. The van der Waals surface area contributed by atoms with Gasteiger partial charge in [-0.15, -0.1) is 0 Å². The Balaban J connectivity index is 1.48. The van der Waals surface area contributed by atoms with E-state index in [1.807, 2.05) is 6.07 Å². The lowest BCUT2D eigenvalue weighted by atomic mass is 10.1. The number of amides is 2. The third-order valence-corrected chi connectivity index (χ3v) is 5.14. The lowest BCUT2D eigenvalue weighted by Crippen LogP contribution is -2.56. The van der Waals surface area contributed by atoms with Crippen LogP contribution in [0, 0.1) is 5.82 Å². The fraction of sp³-hybridized carbons (Fsp3) is 0.381. The number of nitrogens with zero attached hydrogens (tertiary/aromatic N) is 2. The molecule has 2 heterocycles. The van der Waals surface area contributed by atoms with Crippen LogP contribution in [-0.2, 0) is 16.1 Å². The van der Waals surface area contributed by atoms with Crippen LogP contribution in [0.25, 0.3) is 0 Å². The molecule has 2 aromatic rings. The Bertz CT molecular complexity index is 848. The number of carbonyl (C=O) groups excluding carboxylic acids is 2. The topological polar surface area (TPSA) is 83.6 Å². The highest BCUT2D eigenvalue weighted by atomic mass is 35.5. The number of hydrogen-bond donors (Lipinski definition) is 2.